The van der Waals surface area contributed by atoms with E-state index in [-0.39, 0.29) is 5.92 Å². The molecule has 0 aliphatic rings. The van der Waals surface area contributed by atoms with Crippen molar-refractivity contribution in [3.63, 3.8) is 0 Å². The van der Waals surface area contributed by atoms with Gasteiger partial charge < -0.3 is 10.5 Å². The number of nitrogens with two attached hydrogens (primary N) is 1. The van der Waals surface area contributed by atoms with Crippen LogP contribution in [0.4, 0.5) is 0 Å². The molecule has 0 saturated carbocycles. The van der Waals surface area contributed by atoms with E-state index in [0.29, 0.717) is 5.92 Å². The van der Waals surface area contributed by atoms with Gasteiger partial charge in [-0.05, 0) is 25.3 Å². The molecule has 0 amide bonds. The normalized spacial score (nSPS) is 12.4. The maximum atomic E-state index is 10.7. The summed E-state index contributed by atoms with van der Waals surface area (Å²) in [6.45, 7) is 13.0. The Morgan fingerprint density at radius 2 is 1.62 bits per heavy atom. The highest BCUT2D eigenvalue weighted by Gasteiger charge is 2.13. The van der Waals surface area contributed by atoms with Crippen LogP contribution in [0.3, 0.4) is 0 Å². The SMILES string of the molecule is CC.CC.CCC(C)C(C=O)CCCCN. The number of carbonyl (C=O) groups is 1. The monoisotopic (exact) mass is 231 g/mol. The van der Waals surface area contributed by atoms with Gasteiger partial charge in [-0.3, -0.25) is 0 Å². The molecule has 0 spiro atoms. The molecule has 0 aliphatic heterocycles. The van der Waals surface area contributed by atoms with Gasteiger partial charge in [0.1, 0.15) is 6.29 Å². The van der Waals surface area contributed by atoms with E-state index in [9.17, 15) is 4.79 Å². The van der Waals surface area contributed by atoms with Crippen LogP contribution in [0.1, 0.15) is 67.2 Å². The largest absolute Gasteiger partial charge is 0.330 e. The van der Waals surface area contributed by atoms with Crippen LogP contribution in [0.5, 0.6) is 0 Å². The van der Waals surface area contributed by atoms with Crippen molar-refractivity contribution in [3.05, 3.63) is 0 Å². The second kappa shape index (κ2) is 20.1. The van der Waals surface area contributed by atoms with Crippen LogP contribution in [-0.4, -0.2) is 12.8 Å². The summed E-state index contributed by atoms with van der Waals surface area (Å²) < 4.78 is 0. The Morgan fingerprint density at radius 1 is 1.12 bits per heavy atom. The number of rotatable bonds is 7. The van der Waals surface area contributed by atoms with Gasteiger partial charge in [0.2, 0.25) is 0 Å². The van der Waals surface area contributed by atoms with E-state index in [0.717, 1.165) is 38.5 Å². The zero-order valence-electron chi connectivity index (χ0n) is 12.3. The van der Waals surface area contributed by atoms with Gasteiger partial charge in [-0.2, -0.15) is 0 Å². The topological polar surface area (TPSA) is 43.1 Å². The first-order valence-electron chi connectivity index (χ1n) is 6.91. The van der Waals surface area contributed by atoms with Gasteiger partial charge in [0, 0.05) is 5.92 Å². The predicted molar refractivity (Wildman–Crippen MR) is 74.6 cm³/mol. The van der Waals surface area contributed by atoms with Gasteiger partial charge in [0.05, 0.1) is 0 Å². The molecule has 2 nitrogen and oxygen atoms in total. The molecule has 0 fully saturated rings. The van der Waals surface area contributed by atoms with E-state index in [1.165, 1.54) is 0 Å². The van der Waals surface area contributed by atoms with Crippen LogP contribution in [0.2, 0.25) is 0 Å². The molecule has 0 aromatic carbocycles. The second-order valence-electron chi connectivity index (χ2n) is 3.47. The van der Waals surface area contributed by atoms with E-state index in [1.54, 1.807) is 0 Å². The molecular weight excluding hydrogens is 198 g/mol. The van der Waals surface area contributed by atoms with Crippen molar-refractivity contribution < 1.29 is 4.79 Å². The number of aldehydes is 1. The molecule has 2 unspecified atom stereocenters. The molecule has 0 aliphatic carbocycles. The van der Waals surface area contributed by atoms with Crippen molar-refractivity contribution in [2.75, 3.05) is 6.54 Å². The molecule has 0 heterocycles. The zero-order valence-corrected chi connectivity index (χ0v) is 12.3. The zero-order chi connectivity index (χ0) is 13.4. The molecule has 0 aromatic heterocycles. The van der Waals surface area contributed by atoms with Crippen molar-refractivity contribution in [1.82, 2.24) is 0 Å². The van der Waals surface area contributed by atoms with Gasteiger partial charge in [-0.1, -0.05) is 54.4 Å². The summed E-state index contributed by atoms with van der Waals surface area (Å²) in [6, 6.07) is 0. The Morgan fingerprint density at radius 3 is 1.94 bits per heavy atom. The summed E-state index contributed by atoms with van der Waals surface area (Å²) in [5, 5.41) is 0. The third-order valence-electron chi connectivity index (χ3n) is 2.54. The highest BCUT2D eigenvalue weighted by molar-refractivity contribution is 5.53. The minimum Gasteiger partial charge on any atom is -0.330 e. The van der Waals surface area contributed by atoms with Gasteiger partial charge >= 0.3 is 0 Å². The smallest absolute Gasteiger partial charge is 0.123 e. The van der Waals surface area contributed by atoms with Crippen molar-refractivity contribution >= 4 is 6.29 Å². The lowest BCUT2D eigenvalue weighted by Crippen LogP contribution is -2.13. The van der Waals surface area contributed by atoms with Crippen molar-refractivity contribution in [3.8, 4) is 0 Å². The molecule has 0 bridgehead atoms. The third kappa shape index (κ3) is 13.6. The molecule has 2 heteroatoms. The second-order valence-corrected chi connectivity index (χ2v) is 3.47. The first-order chi connectivity index (χ1) is 7.76. The summed E-state index contributed by atoms with van der Waals surface area (Å²) in [5.74, 6) is 0.779. The number of carbonyl (C=O) groups excluding carboxylic acids is 1. The first-order valence-corrected chi connectivity index (χ1v) is 6.91. The fourth-order valence-electron chi connectivity index (χ4n) is 1.31. The van der Waals surface area contributed by atoms with Crippen LogP contribution in [-0.2, 0) is 4.79 Å². The standard InChI is InChI=1S/C10H21NO.2C2H6/c1-3-9(2)10(8-12)6-4-5-7-11;2*1-2/h8-10H,3-7,11H2,1-2H3;2*1-2H3. The Bertz CT molecular complexity index is 115. The lowest BCUT2D eigenvalue weighted by molar-refractivity contribution is -0.112. The van der Waals surface area contributed by atoms with Crippen LogP contribution in [0.15, 0.2) is 0 Å². The minimum atomic E-state index is 0.251. The van der Waals surface area contributed by atoms with E-state index in [2.05, 4.69) is 13.8 Å². The highest BCUT2D eigenvalue weighted by atomic mass is 16.1. The summed E-state index contributed by atoms with van der Waals surface area (Å²) in [6.07, 6.45) is 5.33. The maximum absolute atomic E-state index is 10.7. The molecule has 100 valence electrons. The van der Waals surface area contributed by atoms with E-state index in [4.69, 9.17) is 5.73 Å². The molecule has 2 N–H and O–H groups in total. The summed E-state index contributed by atoms with van der Waals surface area (Å²) in [7, 11) is 0. The average Bonchev–Trinajstić information content (AvgIpc) is 2.38. The fourth-order valence-corrected chi connectivity index (χ4v) is 1.31. The van der Waals surface area contributed by atoms with Crippen molar-refractivity contribution in [1.29, 1.82) is 0 Å². The van der Waals surface area contributed by atoms with Crippen molar-refractivity contribution in [2.24, 2.45) is 17.6 Å². The van der Waals surface area contributed by atoms with E-state index in [1.807, 2.05) is 27.7 Å². The quantitative estimate of drug-likeness (QED) is 0.531. The lowest BCUT2D eigenvalue weighted by atomic mass is 9.89. The van der Waals surface area contributed by atoms with Gasteiger partial charge in [0.25, 0.3) is 0 Å². The van der Waals surface area contributed by atoms with Crippen molar-refractivity contribution in [2.45, 2.75) is 67.2 Å². The summed E-state index contributed by atoms with van der Waals surface area (Å²) in [5.41, 5.74) is 5.38. The Labute approximate surface area is 103 Å². The first kappa shape index (κ1) is 21.0. The van der Waals surface area contributed by atoms with Crippen LogP contribution >= 0.6 is 0 Å². The predicted octanol–water partition coefficient (Wildman–Crippen LogP) is 4.03. The van der Waals surface area contributed by atoms with Gasteiger partial charge in [-0.25, -0.2) is 0 Å². The molecule has 16 heavy (non-hydrogen) atoms. The number of hydrogen-bond acceptors (Lipinski definition) is 2. The molecule has 0 saturated heterocycles. The average molecular weight is 231 g/mol. The fraction of sp³-hybridized carbons (Fsp3) is 0.929. The molecular formula is C14H33NO. The minimum absolute atomic E-state index is 0.251. The highest BCUT2D eigenvalue weighted by Crippen LogP contribution is 2.18. The molecule has 2 atom stereocenters. The number of hydrogen-bond donors (Lipinski definition) is 1. The summed E-state index contributed by atoms with van der Waals surface area (Å²) >= 11 is 0. The molecule has 0 aromatic rings. The van der Waals surface area contributed by atoms with Crippen LogP contribution in [0, 0.1) is 11.8 Å². The van der Waals surface area contributed by atoms with E-state index < -0.39 is 0 Å². The van der Waals surface area contributed by atoms with E-state index >= 15 is 0 Å². The maximum Gasteiger partial charge on any atom is 0.123 e. The molecule has 0 rings (SSSR count). The Hall–Kier alpha value is -0.370. The molecule has 0 radical (unpaired) electrons. The van der Waals surface area contributed by atoms with Crippen LogP contribution in [0.25, 0.3) is 0 Å². The number of unbranched alkanes of at least 4 members (excludes halogenated alkanes) is 1. The van der Waals surface area contributed by atoms with Gasteiger partial charge in [-0.15, -0.1) is 0 Å². The van der Waals surface area contributed by atoms with Crippen LogP contribution < -0.4 is 5.73 Å². The summed E-state index contributed by atoms with van der Waals surface area (Å²) in [4.78, 5) is 10.7. The third-order valence-corrected chi connectivity index (χ3v) is 2.54. The Balaban J connectivity index is -0.000000376. The Kier molecular flexibility index (Phi) is 26.3. The lowest BCUT2D eigenvalue weighted by Gasteiger charge is -2.16. The van der Waals surface area contributed by atoms with Gasteiger partial charge in [0.15, 0.2) is 0 Å².